The van der Waals surface area contributed by atoms with E-state index in [2.05, 4.69) is 10.6 Å². The van der Waals surface area contributed by atoms with Crippen LogP contribution in [0.25, 0.3) is 6.08 Å². The zero-order valence-electron chi connectivity index (χ0n) is 18.8. The van der Waals surface area contributed by atoms with Crippen LogP contribution in [0.1, 0.15) is 11.1 Å². The standard InChI is InChI=1S/C25H25N3O4S2/c1-28(18-20-6-4-3-5-7-20)34(30,31)23-15-11-21(12-16-23)26-25(33)27-24(29)17-10-19-8-13-22(32-2)14-9-19/h3-17H,18H2,1-2H3,(H2,26,27,29,33)/b17-10+. The van der Waals surface area contributed by atoms with Crippen molar-refractivity contribution in [1.29, 1.82) is 0 Å². The lowest BCUT2D eigenvalue weighted by molar-refractivity contribution is -0.115. The average molecular weight is 496 g/mol. The summed E-state index contributed by atoms with van der Waals surface area (Å²) >= 11 is 5.18. The molecule has 2 N–H and O–H groups in total. The summed E-state index contributed by atoms with van der Waals surface area (Å²) in [6.07, 6.45) is 3.02. The molecule has 0 aliphatic rings. The lowest BCUT2D eigenvalue weighted by Crippen LogP contribution is -2.32. The first-order chi connectivity index (χ1) is 16.3. The first kappa shape index (κ1) is 25.1. The molecule has 0 aliphatic heterocycles. The van der Waals surface area contributed by atoms with Gasteiger partial charge in [0, 0.05) is 25.4 Å². The molecule has 7 nitrogen and oxygen atoms in total. The number of rotatable bonds is 8. The Balaban J connectivity index is 1.55. The fourth-order valence-electron chi connectivity index (χ4n) is 3.02. The number of nitrogens with zero attached hydrogens (tertiary/aromatic N) is 1. The van der Waals surface area contributed by atoms with Gasteiger partial charge in [-0.05, 0) is 65.8 Å². The first-order valence-corrected chi connectivity index (χ1v) is 12.2. The number of benzene rings is 3. The van der Waals surface area contributed by atoms with Gasteiger partial charge in [0.2, 0.25) is 15.9 Å². The van der Waals surface area contributed by atoms with Crippen LogP contribution in [-0.2, 0) is 21.4 Å². The van der Waals surface area contributed by atoms with Crippen molar-refractivity contribution in [3.05, 3.63) is 96.1 Å². The molecule has 0 spiro atoms. The monoisotopic (exact) mass is 495 g/mol. The van der Waals surface area contributed by atoms with Crippen LogP contribution in [0, 0.1) is 0 Å². The van der Waals surface area contributed by atoms with Crippen LogP contribution < -0.4 is 15.4 Å². The van der Waals surface area contributed by atoms with Crippen molar-refractivity contribution in [1.82, 2.24) is 9.62 Å². The highest BCUT2D eigenvalue weighted by Crippen LogP contribution is 2.19. The molecule has 0 unspecified atom stereocenters. The summed E-state index contributed by atoms with van der Waals surface area (Å²) in [6.45, 7) is 0.267. The number of anilines is 1. The van der Waals surface area contributed by atoms with Gasteiger partial charge in [-0.2, -0.15) is 4.31 Å². The number of sulfonamides is 1. The third-order valence-electron chi connectivity index (χ3n) is 4.85. The number of carbonyl (C=O) groups excluding carboxylic acids is 1. The molecule has 0 bridgehead atoms. The van der Waals surface area contributed by atoms with E-state index in [0.29, 0.717) is 5.69 Å². The van der Waals surface area contributed by atoms with E-state index in [4.69, 9.17) is 17.0 Å². The number of hydrogen-bond acceptors (Lipinski definition) is 5. The van der Waals surface area contributed by atoms with E-state index in [9.17, 15) is 13.2 Å². The molecule has 0 heterocycles. The van der Waals surface area contributed by atoms with Crippen LogP contribution in [0.2, 0.25) is 0 Å². The topological polar surface area (TPSA) is 87.7 Å². The van der Waals surface area contributed by atoms with Crippen LogP contribution >= 0.6 is 12.2 Å². The predicted octanol–water partition coefficient (Wildman–Crippen LogP) is 4.04. The van der Waals surface area contributed by atoms with Gasteiger partial charge in [-0.1, -0.05) is 42.5 Å². The minimum absolute atomic E-state index is 0.0983. The number of nitrogens with one attached hydrogen (secondary N) is 2. The average Bonchev–Trinajstić information content (AvgIpc) is 2.84. The van der Waals surface area contributed by atoms with Gasteiger partial charge in [-0.15, -0.1) is 0 Å². The van der Waals surface area contributed by atoms with Crippen LogP contribution in [0.3, 0.4) is 0 Å². The third kappa shape index (κ3) is 6.98. The van der Waals surface area contributed by atoms with E-state index >= 15 is 0 Å². The second-order valence-electron chi connectivity index (χ2n) is 7.32. The Labute approximate surface area is 205 Å². The molecule has 9 heteroatoms. The normalized spacial score (nSPS) is 11.4. The second kappa shape index (κ2) is 11.6. The summed E-state index contributed by atoms with van der Waals surface area (Å²) in [7, 11) is -0.527. The number of thiocarbonyl (C=S) groups is 1. The maximum Gasteiger partial charge on any atom is 0.250 e. The number of carbonyl (C=O) groups is 1. The molecule has 176 valence electrons. The van der Waals surface area contributed by atoms with E-state index in [1.807, 2.05) is 42.5 Å². The molecule has 0 aliphatic carbocycles. The molecule has 1 amide bonds. The first-order valence-electron chi connectivity index (χ1n) is 10.3. The molecular weight excluding hydrogens is 470 g/mol. The van der Waals surface area contributed by atoms with Gasteiger partial charge < -0.3 is 10.1 Å². The quantitative estimate of drug-likeness (QED) is 0.362. The van der Waals surface area contributed by atoms with E-state index in [1.165, 1.54) is 22.5 Å². The van der Waals surface area contributed by atoms with Gasteiger partial charge in [0.25, 0.3) is 0 Å². The SMILES string of the molecule is COc1ccc(/C=C/C(=O)NC(=S)Nc2ccc(S(=O)(=O)N(C)Cc3ccccc3)cc2)cc1. The smallest absolute Gasteiger partial charge is 0.250 e. The fourth-order valence-corrected chi connectivity index (χ4v) is 4.40. The van der Waals surface area contributed by atoms with Gasteiger partial charge in [0.05, 0.1) is 12.0 Å². The van der Waals surface area contributed by atoms with Crippen LogP contribution in [0.4, 0.5) is 5.69 Å². The van der Waals surface area contributed by atoms with Crippen molar-refractivity contribution >= 4 is 45.0 Å². The molecule has 0 saturated carbocycles. The molecule has 3 aromatic rings. The van der Waals surface area contributed by atoms with Gasteiger partial charge in [0.15, 0.2) is 5.11 Å². The fraction of sp³-hybridized carbons (Fsp3) is 0.120. The number of methoxy groups -OCH3 is 1. The summed E-state index contributed by atoms with van der Waals surface area (Å²) in [5, 5.41) is 5.53. The van der Waals surface area contributed by atoms with Crippen molar-refractivity contribution in [2.45, 2.75) is 11.4 Å². The largest absolute Gasteiger partial charge is 0.497 e. The summed E-state index contributed by atoms with van der Waals surface area (Å²) in [5.41, 5.74) is 2.28. The Morgan fingerprint density at radius 1 is 1.00 bits per heavy atom. The van der Waals surface area contributed by atoms with Crippen molar-refractivity contribution in [2.75, 3.05) is 19.5 Å². The van der Waals surface area contributed by atoms with Crippen molar-refractivity contribution in [3.8, 4) is 5.75 Å². The molecule has 0 radical (unpaired) electrons. The molecule has 0 fully saturated rings. The van der Waals surface area contributed by atoms with E-state index in [0.717, 1.165) is 16.9 Å². The highest BCUT2D eigenvalue weighted by Gasteiger charge is 2.20. The Hall–Kier alpha value is -3.53. The van der Waals surface area contributed by atoms with Crippen molar-refractivity contribution in [3.63, 3.8) is 0 Å². The predicted molar refractivity (Wildman–Crippen MR) is 138 cm³/mol. The van der Waals surface area contributed by atoms with Crippen molar-refractivity contribution in [2.24, 2.45) is 0 Å². The Morgan fingerprint density at radius 2 is 1.65 bits per heavy atom. The van der Waals surface area contributed by atoms with Gasteiger partial charge in [0.1, 0.15) is 5.75 Å². The van der Waals surface area contributed by atoms with E-state index < -0.39 is 15.9 Å². The van der Waals surface area contributed by atoms with Crippen LogP contribution in [0.15, 0.2) is 89.8 Å². The van der Waals surface area contributed by atoms with Crippen molar-refractivity contribution < 1.29 is 17.9 Å². The molecule has 0 atom stereocenters. The highest BCUT2D eigenvalue weighted by atomic mass is 32.2. The Kier molecular flexibility index (Phi) is 8.53. The van der Waals surface area contributed by atoms with Gasteiger partial charge in [-0.25, -0.2) is 8.42 Å². The maximum atomic E-state index is 12.8. The number of ether oxygens (including phenoxy) is 1. The lowest BCUT2D eigenvalue weighted by atomic mass is 10.2. The second-order valence-corrected chi connectivity index (χ2v) is 9.77. The summed E-state index contributed by atoms with van der Waals surface area (Å²) in [5.74, 6) is 0.337. The molecule has 34 heavy (non-hydrogen) atoms. The van der Waals surface area contributed by atoms with Gasteiger partial charge in [-0.3, -0.25) is 10.1 Å². The number of hydrogen-bond donors (Lipinski definition) is 2. The zero-order valence-corrected chi connectivity index (χ0v) is 20.4. The Bertz CT molecular complexity index is 1260. The minimum atomic E-state index is -3.65. The zero-order chi connectivity index (χ0) is 24.6. The third-order valence-corrected chi connectivity index (χ3v) is 6.87. The maximum absolute atomic E-state index is 12.8. The molecule has 0 saturated heterocycles. The molecule has 3 rings (SSSR count). The van der Waals surface area contributed by atoms with Crippen LogP contribution in [-0.4, -0.2) is 37.9 Å². The number of amides is 1. The highest BCUT2D eigenvalue weighted by molar-refractivity contribution is 7.89. The van der Waals surface area contributed by atoms with Crippen LogP contribution in [0.5, 0.6) is 5.75 Å². The molecule has 0 aromatic heterocycles. The summed E-state index contributed by atoms with van der Waals surface area (Å²) in [4.78, 5) is 12.3. The van der Waals surface area contributed by atoms with E-state index in [-0.39, 0.29) is 16.6 Å². The summed E-state index contributed by atoms with van der Waals surface area (Å²) < 4.78 is 32.1. The van der Waals surface area contributed by atoms with E-state index in [1.54, 1.807) is 44.5 Å². The Morgan fingerprint density at radius 3 is 2.26 bits per heavy atom. The molecular formula is C25H25N3O4S2. The lowest BCUT2D eigenvalue weighted by Gasteiger charge is -2.17. The van der Waals surface area contributed by atoms with Gasteiger partial charge >= 0.3 is 0 Å². The molecule has 3 aromatic carbocycles. The summed E-state index contributed by atoms with van der Waals surface area (Å²) in [6, 6.07) is 22.8. The minimum Gasteiger partial charge on any atom is -0.497 e.